The van der Waals surface area contributed by atoms with Crippen molar-refractivity contribution in [2.24, 2.45) is 5.73 Å². The molecule has 0 saturated heterocycles. The van der Waals surface area contributed by atoms with Crippen LogP contribution < -0.4 is 10.5 Å². The van der Waals surface area contributed by atoms with Crippen LogP contribution in [0, 0.1) is 5.82 Å². The number of nitrogens with two attached hydrogens (primary N) is 1. The van der Waals surface area contributed by atoms with Crippen molar-refractivity contribution in [1.29, 1.82) is 0 Å². The molecule has 0 saturated carbocycles. The van der Waals surface area contributed by atoms with Gasteiger partial charge in [0.05, 0.1) is 5.02 Å². The summed E-state index contributed by atoms with van der Waals surface area (Å²) in [5.41, 5.74) is 7.40. The van der Waals surface area contributed by atoms with Gasteiger partial charge in [0.15, 0.2) is 0 Å². The molecule has 0 amide bonds. The van der Waals surface area contributed by atoms with Crippen LogP contribution in [0.5, 0.6) is 5.75 Å². The van der Waals surface area contributed by atoms with Crippen LogP contribution in [0.25, 0.3) is 0 Å². The quantitative estimate of drug-likeness (QED) is 0.915. The second-order valence-corrected chi connectivity index (χ2v) is 4.71. The normalized spacial score (nSPS) is 12.2. The maximum atomic E-state index is 13.3. The summed E-state index contributed by atoms with van der Waals surface area (Å²) in [6, 6.07) is 12.1. The molecule has 0 spiro atoms. The van der Waals surface area contributed by atoms with Crippen LogP contribution in [-0.4, -0.2) is 0 Å². The molecule has 2 aromatic rings. The largest absolute Gasteiger partial charge is 0.489 e. The van der Waals surface area contributed by atoms with E-state index in [9.17, 15) is 4.39 Å². The lowest BCUT2D eigenvalue weighted by Gasteiger charge is -2.14. The lowest BCUT2D eigenvalue weighted by molar-refractivity contribution is 0.301. The molecule has 0 fully saturated rings. The zero-order valence-corrected chi connectivity index (χ0v) is 11.3. The third-order valence-electron chi connectivity index (χ3n) is 2.82. The first-order valence-electron chi connectivity index (χ1n) is 6.00. The van der Waals surface area contributed by atoms with Gasteiger partial charge in [0, 0.05) is 17.2 Å². The molecule has 0 aliphatic carbocycles. The summed E-state index contributed by atoms with van der Waals surface area (Å²) in [7, 11) is 0. The van der Waals surface area contributed by atoms with E-state index in [0.717, 1.165) is 5.56 Å². The van der Waals surface area contributed by atoms with Gasteiger partial charge in [-0.1, -0.05) is 41.9 Å². The third kappa shape index (κ3) is 3.25. The molecule has 0 aromatic heterocycles. The molecular weight excluding hydrogens is 265 g/mol. The first kappa shape index (κ1) is 13.8. The minimum Gasteiger partial charge on any atom is -0.489 e. The molecule has 19 heavy (non-hydrogen) atoms. The molecule has 0 radical (unpaired) electrons. The Kier molecular flexibility index (Phi) is 4.40. The average Bonchev–Trinajstić information content (AvgIpc) is 2.40. The van der Waals surface area contributed by atoms with E-state index >= 15 is 0 Å². The highest BCUT2D eigenvalue weighted by Gasteiger charge is 2.10. The lowest BCUT2D eigenvalue weighted by Crippen LogP contribution is -2.08. The van der Waals surface area contributed by atoms with Crippen LogP contribution in [0.2, 0.25) is 5.02 Å². The van der Waals surface area contributed by atoms with Gasteiger partial charge in [0.1, 0.15) is 18.2 Å². The maximum Gasteiger partial charge on any atom is 0.142 e. The van der Waals surface area contributed by atoms with Crippen LogP contribution >= 0.6 is 11.6 Å². The second kappa shape index (κ2) is 6.04. The summed E-state index contributed by atoms with van der Waals surface area (Å²) >= 11 is 5.88. The molecule has 2 N–H and O–H groups in total. The van der Waals surface area contributed by atoms with Crippen molar-refractivity contribution in [3.05, 3.63) is 64.4 Å². The number of hydrogen-bond acceptors (Lipinski definition) is 2. The highest BCUT2D eigenvalue weighted by molar-refractivity contribution is 6.31. The minimum absolute atomic E-state index is 0.0979. The first-order valence-corrected chi connectivity index (χ1v) is 6.37. The first-order chi connectivity index (χ1) is 9.09. The fourth-order valence-electron chi connectivity index (χ4n) is 1.80. The van der Waals surface area contributed by atoms with Crippen LogP contribution in [0.3, 0.4) is 0 Å². The molecule has 2 nitrogen and oxygen atoms in total. The highest BCUT2D eigenvalue weighted by atomic mass is 35.5. The molecule has 0 bridgehead atoms. The van der Waals surface area contributed by atoms with Crippen molar-refractivity contribution in [3.63, 3.8) is 0 Å². The van der Waals surface area contributed by atoms with Crippen molar-refractivity contribution in [2.45, 2.75) is 19.6 Å². The monoisotopic (exact) mass is 279 g/mol. The van der Waals surface area contributed by atoms with E-state index < -0.39 is 5.82 Å². The number of para-hydroxylation sites is 1. The van der Waals surface area contributed by atoms with Crippen molar-refractivity contribution < 1.29 is 9.13 Å². The number of ether oxygens (including phenoxy) is 1. The summed E-state index contributed by atoms with van der Waals surface area (Å²) in [5, 5.41) is 0.0979. The molecule has 0 aliphatic heterocycles. The number of benzene rings is 2. The van der Waals surface area contributed by atoms with Gasteiger partial charge >= 0.3 is 0 Å². The van der Waals surface area contributed by atoms with Gasteiger partial charge in [-0.25, -0.2) is 4.39 Å². The van der Waals surface area contributed by atoms with Gasteiger partial charge in [-0.05, 0) is 19.1 Å². The average molecular weight is 280 g/mol. The van der Waals surface area contributed by atoms with Crippen LogP contribution in [0.4, 0.5) is 4.39 Å². The van der Waals surface area contributed by atoms with Gasteiger partial charge in [-0.3, -0.25) is 0 Å². The molecule has 0 unspecified atom stereocenters. The summed E-state index contributed by atoms with van der Waals surface area (Å²) in [6.45, 7) is 2.09. The van der Waals surface area contributed by atoms with Gasteiger partial charge in [-0.15, -0.1) is 0 Å². The third-order valence-corrected chi connectivity index (χ3v) is 3.25. The van der Waals surface area contributed by atoms with E-state index in [4.69, 9.17) is 22.1 Å². The van der Waals surface area contributed by atoms with Crippen LogP contribution in [0.1, 0.15) is 24.1 Å². The van der Waals surface area contributed by atoms with Gasteiger partial charge < -0.3 is 10.5 Å². The smallest absolute Gasteiger partial charge is 0.142 e. The number of hydrogen-bond donors (Lipinski definition) is 1. The Labute approximate surface area is 117 Å². The van der Waals surface area contributed by atoms with Crippen molar-refractivity contribution >= 4 is 11.6 Å². The lowest BCUT2D eigenvalue weighted by atomic mass is 10.1. The Bertz CT molecular complexity index is 572. The van der Waals surface area contributed by atoms with Gasteiger partial charge in [0.2, 0.25) is 0 Å². The SMILES string of the molecule is C[C@H](N)c1ccccc1OCc1cccc(F)c1Cl. The van der Waals surface area contributed by atoms with Crippen molar-refractivity contribution in [1.82, 2.24) is 0 Å². The summed E-state index contributed by atoms with van der Waals surface area (Å²) in [6.07, 6.45) is 0. The Morgan fingerprint density at radius 3 is 2.68 bits per heavy atom. The Hall–Kier alpha value is -1.58. The predicted molar refractivity (Wildman–Crippen MR) is 74.8 cm³/mol. The standard InChI is InChI=1S/C15H15ClFNO/c1-10(18)12-6-2-3-8-14(12)19-9-11-5-4-7-13(17)15(11)16/h2-8,10H,9,18H2,1H3/t10-/m0/s1. The summed E-state index contributed by atoms with van der Waals surface area (Å²) < 4.78 is 19.0. The van der Waals surface area contributed by atoms with E-state index in [-0.39, 0.29) is 17.7 Å². The molecule has 4 heteroatoms. The van der Waals surface area contributed by atoms with E-state index in [2.05, 4.69) is 0 Å². The van der Waals surface area contributed by atoms with E-state index in [1.165, 1.54) is 6.07 Å². The molecular formula is C15H15ClFNO. The molecule has 100 valence electrons. The predicted octanol–water partition coefficient (Wildman–Crippen LogP) is 4.08. The summed E-state index contributed by atoms with van der Waals surface area (Å²) in [4.78, 5) is 0. The summed E-state index contributed by atoms with van der Waals surface area (Å²) in [5.74, 6) is 0.251. The van der Waals surface area contributed by atoms with Crippen LogP contribution in [0.15, 0.2) is 42.5 Å². The topological polar surface area (TPSA) is 35.2 Å². The Morgan fingerprint density at radius 1 is 1.21 bits per heavy atom. The fourth-order valence-corrected chi connectivity index (χ4v) is 1.98. The molecule has 0 heterocycles. The zero-order valence-electron chi connectivity index (χ0n) is 10.6. The maximum absolute atomic E-state index is 13.3. The fraction of sp³-hybridized carbons (Fsp3) is 0.200. The number of halogens is 2. The number of rotatable bonds is 4. The van der Waals surface area contributed by atoms with E-state index in [1.54, 1.807) is 12.1 Å². The van der Waals surface area contributed by atoms with Crippen LogP contribution in [-0.2, 0) is 6.61 Å². The van der Waals surface area contributed by atoms with Crippen molar-refractivity contribution in [2.75, 3.05) is 0 Å². The van der Waals surface area contributed by atoms with Crippen molar-refractivity contribution in [3.8, 4) is 5.75 Å². The van der Waals surface area contributed by atoms with E-state index in [0.29, 0.717) is 11.3 Å². The molecule has 1 atom stereocenters. The van der Waals surface area contributed by atoms with E-state index in [1.807, 2.05) is 31.2 Å². The molecule has 2 rings (SSSR count). The zero-order chi connectivity index (χ0) is 13.8. The Balaban J connectivity index is 2.17. The molecule has 2 aromatic carbocycles. The highest BCUT2D eigenvalue weighted by Crippen LogP contribution is 2.26. The van der Waals surface area contributed by atoms with Gasteiger partial charge in [0.25, 0.3) is 0 Å². The van der Waals surface area contributed by atoms with Gasteiger partial charge in [-0.2, -0.15) is 0 Å². The Morgan fingerprint density at radius 2 is 1.95 bits per heavy atom. The molecule has 0 aliphatic rings. The second-order valence-electron chi connectivity index (χ2n) is 4.33. The minimum atomic E-state index is -0.441.